The number of fused-ring (bicyclic) bond motifs is 1. The van der Waals surface area contributed by atoms with Gasteiger partial charge in [-0.05, 0) is 32.0 Å². The quantitative estimate of drug-likeness (QED) is 0.778. The Morgan fingerprint density at radius 2 is 2.00 bits per heavy atom. The number of hydrogen-bond donors (Lipinski definition) is 1. The molecule has 7 nitrogen and oxygen atoms in total. The SMILES string of the molecule is Cc1ccc(-c2ccnc(N3CCc4c(c(CO)nn4C)C3)n2)c(C)n1. The highest BCUT2D eigenvalue weighted by Gasteiger charge is 2.25. The van der Waals surface area contributed by atoms with Crippen molar-refractivity contribution in [1.82, 2.24) is 24.7 Å². The molecule has 0 spiro atoms. The van der Waals surface area contributed by atoms with Crippen LogP contribution in [0.5, 0.6) is 0 Å². The Morgan fingerprint density at radius 1 is 1.15 bits per heavy atom. The van der Waals surface area contributed by atoms with Crippen molar-refractivity contribution in [3.05, 3.63) is 52.7 Å². The van der Waals surface area contributed by atoms with Crippen molar-refractivity contribution >= 4 is 5.95 Å². The Kier molecular flexibility index (Phi) is 4.16. The number of rotatable bonds is 3. The first-order valence-corrected chi connectivity index (χ1v) is 8.74. The molecule has 1 aliphatic rings. The topological polar surface area (TPSA) is 80.0 Å². The summed E-state index contributed by atoms with van der Waals surface area (Å²) in [6.07, 6.45) is 2.65. The molecule has 0 saturated carbocycles. The molecule has 4 heterocycles. The van der Waals surface area contributed by atoms with Gasteiger partial charge in [0.25, 0.3) is 0 Å². The molecule has 0 saturated heterocycles. The highest BCUT2D eigenvalue weighted by molar-refractivity contribution is 5.62. The summed E-state index contributed by atoms with van der Waals surface area (Å²) < 4.78 is 1.87. The van der Waals surface area contributed by atoms with E-state index < -0.39 is 0 Å². The lowest BCUT2D eigenvalue weighted by atomic mass is 10.1. The van der Waals surface area contributed by atoms with Crippen LogP contribution in [0.4, 0.5) is 5.95 Å². The molecule has 0 atom stereocenters. The van der Waals surface area contributed by atoms with Gasteiger partial charge in [0, 0.05) is 61.0 Å². The largest absolute Gasteiger partial charge is 0.390 e. The van der Waals surface area contributed by atoms with E-state index in [0.29, 0.717) is 12.5 Å². The molecule has 1 N–H and O–H groups in total. The van der Waals surface area contributed by atoms with E-state index in [9.17, 15) is 5.11 Å². The molecule has 1 aliphatic heterocycles. The first-order valence-electron chi connectivity index (χ1n) is 8.74. The van der Waals surface area contributed by atoms with Gasteiger partial charge in [-0.15, -0.1) is 0 Å². The first-order chi connectivity index (χ1) is 12.6. The molecular formula is C19H22N6O. The van der Waals surface area contributed by atoms with Crippen molar-refractivity contribution in [1.29, 1.82) is 0 Å². The lowest BCUT2D eigenvalue weighted by Crippen LogP contribution is -2.32. The lowest BCUT2D eigenvalue weighted by Gasteiger charge is -2.27. The molecule has 134 valence electrons. The maximum Gasteiger partial charge on any atom is 0.226 e. The smallest absolute Gasteiger partial charge is 0.226 e. The summed E-state index contributed by atoms with van der Waals surface area (Å²) in [6.45, 7) is 5.42. The number of nitrogens with zero attached hydrogens (tertiary/aromatic N) is 6. The number of aliphatic hydroxyl groups excluding tert-OH is 1. The Hall–Kier alpha value is -2.80. The number of pyridine rings is 1. The number of aryl methyl sites for hydroxylation is 3. The Morgan fingerprint density at radius 3 is 2.77 bits per heavy atom. The summed E-state index contributed by atoms with van der Waals surface area (Å²) in [6, 6.07) is 5.98. The lowest BCUT2D eigenvalue weighted by molar-refractivity contribution is 0.274. The van der Waals surface area contributed by atoms with Crippen molar-refractivity contribution < 1.29 is 5.11 Å². The van der Waals surface area contributed by atoms with Crippen molar-refractivity contribution in [2.24, 2.45) is 7.05 Å². The van der Waals surface area contributed by atoms with Gasteiger partial charge in [-0.1, -0.05) is 0 Å². The van der Waals surface area contributed by atoms with Gasteiger partial charge in [0.1, 0.15) is 0 Å². The second kappa shape index (κ2) is 6.49. The van der Waals surface area contributed by atoms with Crippen molar-refractivity contribution in [2.45, 2.75) is 33.4 Å². The third kappa shape index (κ3) is 2.84. The molecule has 0 aliphatic carbocycles. The molecule has 0 amide bonds. The first kappa shape index (κ1) is 16.7. The van der Waals surface area contributed by atoms with E-state index in [4.69, 9.17) is 4.98 Å². The van der Waals surface area contributed by atoms with Gasteiger partial charge in [0.15, 0.2) is 0 Å². The van der Waals surface area contributed by atoms with Crippen LogP contribution < -0.4 is 4.90 Å². The molecular weight excluding hydrogens is 328 g/mol. The second-order valence-electron chi connectivity index (χ2n) is 6.65. The molecule has 0 fully saturated rings. The summed E-state index contributed by atoms with van der Waals surface area (Å²) >= 11 is 0. The van der Waals surface area contributed by atoms with E-state index in [1.54, 1.807) is 6.20 Å². The second-order valence-corrected chi connectivity index (χ2v) is 6.65. The standard InChI is InChI=1S/C19H22N6O/c1-12-4-5-14(13(2)21-12)16-6-8-20-19(22-16)25-9-7-18-15(10-25)17(11-26)23-24(18)3/h4-6,8,26H,7,9-11H2,1-3H3. The molecule has 0 radical (unpaired) electrons. The summed E-state index contributed by atoms with van der Waals surface area (Å²) in [4.78, 5) is 15.9. The van der Waals surface area contributed by atoms with E-state index in [2.05, 4.69) is 26.0 Å². The highest BCUT2D eigenvalue weighted by atomic mass is 16.3. The van der Waals surface area contributed by atoms with E-state index in [-0.39, 0.29) is 6.61 Å². The molecule has 0 aromatic carbocycles. The summed E-state index contributed by atoms with van der Waals surface area (Å²) in [7, 11) is 1.93. The Balaban J connectivity index is 1.67. The predicted molar refractivity (Wildman–Crippen MR) is 98.6 cm³/mol. The minimum atomic E-state index is -0.0495. The van der Waals surface area contributed by atoms with Gasteiger partial charge in [-0.2, -0.15) is 5.10 Å². The van der Waals surface area contributed by atoms with Crippen LogP contribution in [0.1, 0.15) is 28.3 Å². The van der Waals surface area contributed by atoms with Crippen LogP contribution >= 0.6 is 0 Å². The van der Waals surface area contributed by atoms with Crippen LogP contribution in [-0.2, 0) is 26.6 Å². The third-order valence-corrected chi connectivity index (χ3v) is 4.90. The number of anilines is 1. The summed E-state index contributed by atoms with van der Waals surface area (Å²) in [5.74, 6) is 0.695. The number of aliphatic hydroxyl groups is 1. The van der Waals surface area contributed by atoms with Crippen molar-refractivity contribution in [3.8, 4) is 11.3 Å². The number of hydrogen-bond acceptors (Lipinski definition) is 6. The summed E-state index contributed by atoms with van der Waals surface area (Å²) in [5, 5.41) is 14.0. The average molecular weight is 350 g/mol. The maximum atomic E-state index is 9.58. The van der Waals surface area contributed by atoms with E-state index in [1.807, 2.05) is 37.7 Å². The number of aromatic nitrogens is 5. The zero-order chi connectivity index (χ0) is 18.3. The molecule has 3 aromatic heterocycles. The highest BCUT2D eigenvalue weighted by Crippen LogP contribution is 2.27. The van der Waals surface area contributed by atoms with Gasteiger partial charge in [-0.3, -0.25) is 9.67 Å². The van der Waals surface area contributed by atoms with E-state index >= 15 is 0 Å². The fourth-order valence-corrected chi connectivity index (χ4v) is 3.58. The molecule has 0 bridgehead atoms. The van der Waals surface area contributed by atoms with Gasteiger partial charge in [0.05, 0.1) is 18.0 Å². The van der Waals surface area contributed by atoms with E-state index in [0.717, 1.165) is 46.9 Å². The fourth-order valence-electron chi connectivity index (χ4n) is 3.58. The van der Waals surface area contributed by atoms with Gasteiger partial charge in [0.2, 0.25) is 5.95 Å². The summed E-state index contributed by atoms with van der Waals surface area (Å²) in [5.41, 5.74) is 6.86. The van der Waals surface area contributed by atoms with Crippen molar-refractivity contribution in [2.75, 3.05) is 11.4 Å². The Labute approximate surface area is 152 Å². The van der Waals surface area contributed by atoms with Gasteiger partial charge in [-0.25, -0.2) is 9.97 Å². The minimum Gasteiger partial charge on any atom is -0.390 e. The minimum absolute atomic E-state index is 0.0495. The molecule has 3 aromatic rings. The normalized spacial score (nSPS) is 13.8. The van der Waals surface area contributed by atoms with Gasteiger partial charge < -0.3 is 10.0 Å². The Bertz CT molecular complexity index is 965. The van der Waals surface area contributed by atoms with Crippen LogP contribution in [0.15, 0.2) is 24.4 Å². The van der Waals surface area contributed by atoms with Crippen LogP contribution in [0, 0.1) is 13.8 Å². The molecule has 7 heteroatoms. The predicted octanol–water partition coefficient (Wildman–Crippen LogP) is 1.94. The van der Waals surface area contributed by atoms with E-state index in [1.165, 1.54) is 5.69 Å². The van der Waals surface area contributed by atoms with Gasteiger partial charge >= 0.3 is 0 Å². The third-order valence-electron chi connectivity index (χ3n) is 4.90. The molecule has 4 rings (SSSR count). The fraction of sp³-hybridized carbons (Fsp3) is 0.368. The zero-order valence-corrected chi connectivity index (χ0v) is 15.3. The monoisotopic (exact) mass is 350 g/mol. The van der Waals surface area contributed by atoms with Crippen molar-refractivity contribution in [3.63, 3.8) is 0 Å². The van der Waals surface area contributed by atoms with Crippen LogP contribution in [0.2, 0.25) is 0 Å². The zero-order valence-electron chi connectivity index (χ0n) is 15.3. The average Bonchev–Trinajstić information content (AvgIpc) is 2.97. The maximum absolute atomic E-state index is 9.58. The van der Waals surface area contributed by atoms with Crippen LogP contribution in [0.25, 0.3) is 11.3 Å². The molecule has 26 heavy (non-hydrogen) atoms. The van der Waals surface area contributed by atoms with Crippen LogP contribution in [-0.4, -0.2) is 36.4 Å². The van der Waals surface area contributed by atoms with Crippen LogP contribution in [0.3, 0.4) is 0 Å². The molecule has 0 unspecified atom stereocenters.